The van der Waals surface area contributed by atoms with E-state index in [1.54, 1.807) is 31.4 Å². The summed E-state index contributed by atoms with van der Waals surface area (Å²) in [4.78, 5) is 14.2. The number of ether oxygens (including phenoxy) is 2. The van der Waals surface area contributed by atoms with Crippen molar-refractivity contribution in [3.8, 4) is 11.8 Å². The van der Waals surface area contributed by atoms with Crippen LogP contribution in [0.25, 0.3) is 10.9 Å². The molecule has 0 aliphatic heterocycles. The van der Waals surface area contributed by atoms with E-state index in [9.17, 15) is 4.79 Å². The maximum atomic E-state index is 11.6. The van der Waals surface area contributed by atoms with E-state index in [4.69, 9.17) is 26.3 Å². The quantitative estimate of drug-likeness (QED) is 0.869. The predicted octanol–water partition coefficient (Wildman–Crippen LogP) is 2.08. The molecule has 0 aliphatic rings. The van der Waals surface area contributed by atoms with Crippen LogP contribution in [-0.4, -0.2) is 25.3 Å². The first kappa shape index (κ1) is 13.4. The van der Waals surface area contributed by atoms with Gasteiger partial charge in [0.1, 0.15) is 24.0 Å². The number of halogens is 1. The molecule has 0 unspecified atom stereocenters. The number of nitriles is 1. The van der Waals surface area contributed by atoms with Gasteiger partial charge in [-0.3, -0.25) is 4.79 Å². The summed E-state index contributed by atoms with van der Waals surface area (Å²) in [5.74, 6) is 0.599. The van der Waals surface area contributed by atoms with Gasteiger partial charge in [-0.25, -0.2) is 0 Å². The van der Waals surface area contributed by atoms with Crippen molar-refractivity contribution in [3.63, 3.8) is 0 Å². The standard InChI is InChI=1S/C13H11ClN2O3/c1-18-4-5-19-8-2-3-11-9(6-8)12(14)10(7-15)13(17)16-11/h2-3,6H,4-5H2,1H3,(H,16,17). The molecule has 0 fully saturated rings. The van der Waals surface area contributed by atoms with Crippen LogP contribution in [0, 0.1) is 11.3 Å². The predicted molar refractivity (Wildman–Crippen MR) is 71.7 cm³/mol. The van der Waals surface area contributed by atoms with E-state index in [1.165, 1.54) is 0 Å². The van der Waals surface area contributed by atoms with Crippen LogP contribution in [0.4, 0.5) is 0 Å². The van der Waals surface area contributed by atoms with Gasteiger partial charge in [-0.05, 0) is 18.2 Å². The van der Waals surface area contributed by atoms with Crippen molar-refractivity contribution in [2.75, 3.05) is 20.3 Å². The second kappa shape index (κ2) is 5.74. The van der Waals surface area contributed by atoms with Crippen LogP contribution in [0.1, 0.15) is 5.56 Å². The Morgan fingerprint density at radius 2 is 2.21 bits per heavy atom. The minimum absolute atomic E-state index is 0.0943. The van der Waals surface area contributed by atoms with Gasteiger partial charge in [0, 0.05) is 12.5 Å². The number of rotatable bonds is 4. The zero-order valence-corrected chi connectivity index (χ0v) is 11.0. The third-order valence-corrected chi connectivity index (χ3v) is 2.98. The molecular weight excluding hydrogens is 268 g/mol. The van der Waals surface area contributed by atoms with Crippen molar-refractivity contribution in [3.05, 3.63) is 39.1 Å². The highest BCUT2D eigenvalue weighted by Gasteiger charge is 2.11. The molecule has 0 bridgehead atoms. The van der Waals surface area contributed by atoms with Gasteiger partial charge in [-0.2, -0.15) is 5.26 Å². The SMILES string of the molecule is COCCOc1ccc2[nH]c(=O)c(C#N)c(Cl)c2c1. The average molecular weight is 279 g/mol. The highest BCUT2D eigenvalue weighted by atomic mass is 35.5. The van der Waals surface area contributed by atoms with Gasteiger partial charge in [0.2, 0.25) is 0 Å². The molecule has 0 aliphatic carbocycles. The van der Waals surface area contributed by atoms with Crippen LogP contribution in [0.5, 0.6) is 5.75 Å². The van der Waals surface area contributed by atoms with Crippen molar-refractivity contribution >= 4 is 22.5 Å². The maximum absolute atomic E-state index is 11.6. The number of nitrogens with one attached hydrogen (secondary N) is 1. The Balaban J connectivity index is 2.47. The van der Waals surface area contributed by atoms with Crippen LogP contribution in [0.15, 0.2) is 23.0 Å². The molecule has 0 atom stereocenters. The molecule has 2 rings (SSSR count). The van der Waals surface area contributed by atoms with Crippen LogP contribution < -0.4 is 10.3 Å². The van der Waals surface area contributed by atoms with Gasteiger partial charge in [0.25, 0.3) is 5.56 Å². The molecule has 19 heavy (non-hydrogen) atoms. The second-order valence-electron chi connectivity index (χ2n) is 3.80. The molecule has 2 aromatic rings. The number of nitrogens with zero attached hydrogens (tertiary/aromatic N) is 1. The Hall–Kier alpha value is -2.03. The van der Waals surface area contributed by atoms with E-state index in [0.717, 1.165) is 0 Å². The fourth-order valence-electron chi connectivity index (χ4n) is 1.67. The Morgan fingerprint density at radius 1 is 1.42 bits per heavy atom. The molecule has 6 heteroatoms. The smallest absolute Gasteiger partial charge is 0.267 e. The zero-order valence-electron chi connectivity index (χ0n) is 10.2. The normalized spacial score (nSPS) is 10.4. The summed E-state index contributed by atoms with van der Waals surface area (Å²) in [5.41, 5.74) is -0.0237. The number of hydrogen-bond donors (Lipinski definition) is 1. The number of fused-ring (bicyclic) bond motifs is 1. The minimum Gasteiger partial charge on any atom is -0.491 e. The van der Waals surface area contributed by atoms with Crippen molar-refractivity contribution in [2.24, 2.45) is 0 Å². The number of aromatic amines is 1. The summed E-state index contributed by atoms with van der Waals surface area (Å²) in [6, 6.07) is 6.88. The van der Waals surface area contributed by atoms with Gasteiger partial charge in [0.05, 0.1) is 17.1 Å². The molecule has 0 spiro atoms. The molecule has 1 N–H and O–H groups in total. The number of benzene rings is 1. The van der Waals surface area contributed by atoms with Gasteiger partial charge < -0.3 is 14.5 Å². The van der Waals surface area contributed by atoms with Crippen molar-refractivity contribution < 1.29 is 9.47 Å². The second-order valence-corrected chi connectivity index (χ2v) is 4.18. The highest BCUT2D eigenvalue weighted by molar-refractivity contribution is 6.36. The first-order chi connectivity index (χ1) is 9.17. The average Bonchev–Trinajstić information content (AvgIpc) is 2.40. The molecular formula is C13H11ClN2O3. The molecule has 0 radical (unpaired) electrons. The molecule has 1 heterocycles. The summed E-state index contributed by atoms with van der Waals surface area (Å²) in [6.45, 7) is 0.884. The molecule has 0 saturated carbocycles. The lowest BCUT2D eigenvalue weighted by Crippen LogP contribution is -2.11. The Bertz CT molecular complexity index is 703. The molecule has 98 valence electrons. The number of hydrogen-bond acceptors (Lipinski definition) is 4. The molecule has 1 aromatic heterocycles. The lowest BCUT2D eigenvalue weighted by Gasteiger charge is -2.08. The fraction of sp³-hybridized carbons (Fsp3) is 0.231. The summed E-state index contributed by atoms with van der Waals surface area (Å²) in [7, 11) is 1.59. The molecule has 0 amide bonds. The number of pyridine rings is 1. The van der Waals surface area contributed by atoms with Crippen molar-refractivity contribution in [2.45, 2.75) is 0 Å². The lowest BCUT2D eigenvalue weighted by molar-refractivity contribution is 0.146. The van der Waals surface area contributed by atoms with Crippen LogP contribution in [-0.2, 0) is 4.74 Å². The number of methoxy groups -OCH3 is 1. The molecule has 0 saturated heterocycles. The number of aromatic nitrogens is 1. The van der Waals surface area contributed by atoms with Crippen molar-refractivity contribution in [1.29, 1.82) is 5.26 Å². The maximum Gasteiger partial charge on any atom is 0.267 e. The van der Waals surface area contributed by atoms with Crippen LogP contribution in [0.3, 0.4) is 0 Å². The Kier molecular flexibility index (Phi) is 4.05. The minimum atomic E-state index is -0.493. The van der Waals surface area contributed by atoms with Gasteiger partial charge in [-0.15, -0.1) is 0 Å². The summed E-state index contributed by atoms with van der Waals surface area (Å²) < 4.78 is 10.3. The number of H-pyrrole nitrogens is 1. The van der Waals surface area contributed by atoms with E-state index in [0.29, 0.717) is 29.9 Å². The Morgan fingerprint density at radius 3 is 2.89 bits per heavy atom. The third-order valence-electron chi connectivity index (χ3n) is 2.59. The topological polar surface area (TPSA) is 75.1 Å². The van der Waals surface area contributed by atoms with E-state index >= 15 is 0 Å². The van der Waals surface area contributed by atoms with E-state index < -0.39 is 5.56 Å². The van der Waals surface area contributed by atoms with Gasteiger partial charge in [0.15, 0.2) is 0 Å². The first-order valence-electron chi connectivity index (χ1n) is 5.54. The van der Waals surface area contributed by atoms with Gasteiger partial charge >= 0.3 is 0 Å². The molecule has 5 nitrogen and oxygen atoms in total. The third kappa shape index (κ3) is 2.70. The van der Waals surface area contributed by atoms with Crippen LogP contribution >= 0.6 is 11.6 Å². The van der Waals surface area contributed by atoms with Crippen molar-refractivity contribution in [1.82, 2.24) is 4.98 Å². The lowest BCUT2D eigenvalue weighted by atomic mass is 10.1. The Labute approximate surface area is 114 Å². The van der Waals surface area contributed by atoms with E-state index in [1.807, 2.05) is 0 Å². The van der Waals surface area contributed by atoms with Gasteiger partial charge in [-0.1, -0.05) is 11.6 Å². The fourth-order valence-corrected chi connectivity index (χ4v) is 1.95. The van der Waals surface area contributed by atoms with Crippen LogP contribution in [0.2, 0.25) is 5.02 Å². The summed E-state index contributed by atoms with van der Waals surface area (Å²) in [6.07, 6.45) is 0. The van der Waals surface area contributed by atoms with E-state index in [2.05, 4.69) is 4.98 Å². The summed E-state index contributed by atoms with van der Waals surface area (Å²) in [5, 5.41) is 9.61. The highest BCUT2D eigenvalue weighted by Crippen LogP contribution is 2.26. The summed E-state index contributed by atoms with van der Waals surface area (Å²) >= 11 is 6.06. The van der Waals surface area contributed by atoms with E-state index in [-0.39, 0.29) is 10.6 Å². The largest absolute Gasteiger partial charge is 0.491 e. The first-order valence-corrected chi connectivity index (χ1v) is 5.92. The molecule has 1 aromatic carbocycles. The monoisotopic (exact) mass is 278 g/mol. The zero-order chi connectivity index (χ0) is 13.8.